The Bertz CT molecular complexity index is 753. The van der Waals surface area contributed by atoms with Crippen LogP contribution in [0.3, 0.4) is 0 Å². The average Bonchev–Trinajstić information content (AvgIpc) is 3.31. The van der Waals surface area contributed by atoms with Crippen molar-refractivity contribution in [3.8, 4) is 0 Å². The molecule has 1 amide bonds. The number of hydrogen-bond acceptors (Lipinski definition) is 5. The van der Waals surface area contributed by atoms with Crippen molar-refractivity contribution >= 4 is 11.9 Å². The molecule has 0 radical (unpaired) electrons. The Balaban J connectivity index is 1.43. The number of aromatic nitrogens is 5. The van der Waals surface area contributed by atoms with Crippen molar-refractivity contribution in [1.82, 2.24) is 30.3 Å². The Morgan fingerprint density at radius 3 is 2.69 bits per heavy atom. The maximum atomic E-state index is 12.6. The van der Waals surface area contributed by atoms with E-state index in [4.69, 9.17) is 0 Å². The second-order valence-corrected chi connectivity index (χ2v) is 7.44. The molecule has 1 saturated heterocycles. The number of amides is 1. The third-order valence-corrected chi connectivity index (χ3v) is 5.58. The highest BCUT2D eigenvalue weighted by atomic mass is 16.2. The zero-order valence-corrected chi connectivity index (χ0v) is 15.3. The Kier molecular flexibility index (Phi) is 5.01. The fourth-order valence-corrected chi connectivity index (χ4v) is 4.01. The van der Waals surface area contributed by atoms with Gasteiger partial charge in [-0.1, -0.05) is 19.3 Å². The highest BCUT2D eigenvalue weighted by Crippen LogP contribution is 2.31. The molecule has 1 aliphatic carbocycles. The van der Waals surface area contributed by atoms with Crippen molar-refractivity contribution in [2.45, 2.75) is 56.8 Å². The van der Waals surface area contributed by atoms with Crippen molar-refractivity contribution in [2.75, 3.05) is 18.4 Å². The number of carbonyl (C=O) groups is 1. The van der Waals surface area contributed by atoms with E-state index in [2.05, 4.69) is 30.9 Å². The molecule has 0 unspecified atom stereocenters. The lowest BCUT2D eigenvalue weighted by Gasteiger charge is -2.19. The van der Waals surface area contributed by atoms with Crippen molar-refractivity contribution < 1.29 is 4.79 Å². The van der Waals surface area contributed by atoms with E-state index in [0.29, 0.717) is 23.5 Å². The van der Waals surface area contributed by atoms with Crippen LogP contribution in [-0.4, -0.2) is 44.0 Å². The van der Waals surface area contributed by atoms with Crippen LogP contribution in [0.2, 0.25) is 0 Å². The summed E-state index contributed by atoms with van der Waals surface area (Å²) >= 11 is 0. The largest absolute Gasteiger partial charge is 0.317 e. The normalized spacial score (nSPS) is 19.6. The van der Waals surface area contributed by atoms with Crippen LogP contribution in [0, 0.1) is 0 Å². The topological polar surface area (TPSA) is 101 Å². The number of aromatic amines is 1. The molecule has 2 aromatic heterocycles. The number of H-pyrrole nitrogens is 1. The third-order valence-electron chi connectivity index (χ3n) is 5.58. The molecule has 140 valence electrons. The van der Waals surface area contributed by atoms with Crippen LogP contribution in [-0.2, 0) is 7.05 Å². The first kappa shape index (κ1) is 17.2. The maximum Gasteiger partial charge on any atom is 0.278 e. The molecule has 1 saturated carbocycles. The molecule has 0 aromatic carbocycles. The van der Waals surface area contributed by atoms with Gasteiger partial charge in [-0.05, 0) is 44.8 Å². The lowest BCUT2D eigenvalue weighted by molar-refractivity contribution is 0.102. The molecular formula is C18H27N7O. The van der Waals surface area contributed by atoms with Gasteiger partial charge in [-0.15, -0.1) is 0 Å². The first-order valence-electron chi connectivity index (χ1n) is 9.69. The second-order valence-electron chi connectivity index (χ2n) is 7.44. The van der Waals surface area contributed by atoms with Gasteiger partial charge in [0.1, 0.15) is 0 Å². The minimum Gasteiger partial charge on any atom is -0.317 e. The predicted molar refractivity (Wildman–Crippen MR) is 98.2 cm³/mol. The standard InChI is InChI=1S/C18H27N7O/c1-25-18(20-16(24-25)13-7-9-19-10-8-13)21-17(26)15-11-14(22-23-15)12-5-3-2-4-6-12/h11-13,19H,2-10H2,1H3,(H,22,23)(H,20,21,24,26). The van der Waals surface area contributed by atoms with Crippen LogP contribution in [0.1, 0.15) is 78.8 Å². The average molecular weight is 357 g/mol. The lowest BCUT2D eigenvalue weighted by atomic mass is 9.87. The molecule has 2 aromatic rings. The third kappa shape index (κ3) is 3.65. The van der Waals surface area contributed by atoms with Crippen LogP contribution < -0.4 is 10.6 Å². The summed E-state index contributed by atoms with van der Waals surface area (Å²) in [6.07, 6.45) is 8.22. The lowest BCUT2D eigenvalue weighted by Crippen LogP contribution is -2.27. The van der Waals surface area contributed by atoms with E-state index in [1.54, 1.807) is 4.68 Å². The first-order valence-corrected chi connectivity index (χ1v) is 9.69. The van der Waals surface area contributed by atoms with E-state index < -0.39 is 0 Å². The number of anilines is 1. The SMILES string of the molecule is Cn1nc(C2CCNCC2)nc1NC(=O)c1cc(C2CCCCC2)[nH]n1. The van der Waals surface area contributed by atoms with Gasteiger partial charge in [0.15, 0.2) is 11.5 Å². The van der Waals surface area contributed by atoms with Gasteiger partial charge in [-0.3, -0.25) is 15.2 Å². The van der Waals surface area contributed by atoms with Gasteiger partial charge in [-0.2, -0.15) is 15.2 Å². The molecule has 0 atom stereocenters. The number of nitrogens with one attached hydrogen (secondary N) is 3. The van der Waals surface area contributed by atoms with E-state index >= 15 is 0 Å². The highest BCUT2D eigenvalue weighted by molar-refractivity contribution is 6.01. The van der Waals surface area contributed by atoms with Gasteiger partial charge in [0.2, 0.25) is 5.95 Å². The highest BCUT2D eigenvalue weighted by Gasteiger charge is 2.23. The summed E-state index contributed by atoms with van der Waals surface area (Å²) in [5, 5.41) is 18.0. The fourth-order valence-electron chi connectivity index (χ4n) is 4.01. The molecule has 8 nitrogen and oxygen atoms in total. The number of piperidine rings is 1. The Labute approximate surface area is 153 Å². The van der Waals surface area contributed by atoms with Gasteiger partial charge in [0.25, 0.3) is 5.91 Å². The number of aryl methyl sites for hydroxylation is 1. The Morgan fingerprint density at radius 2 is 1.92 bits per heavy atom. The summed E-state index contributed by atoms with van der Waals surface area (Å²) in [5.74, 6) is 1.91. The van der Waals surface area contributed by atoms with E-state index in [-0.39, 0.29) is 5.91 Å². The zero-order chi connectivity index (χ0) is 17.9. The summed E-state index contributed by atoms with van der Waals surface area (Å²) < 4.78 is 1.64. The van der Waals surface area contributed by atoms with Crippen molar-refractivity contribution in [3.63, 3.8) is 0 Å². The number of hydrogen-bond donors (Lipinski definition) is 3. The summed E-state index contributed by atoms with van der Waals surface area (Å²) in [5.41, 5.74) is 1.49. The first-order chi connectivity index (χ1) is 12.7. The molecule has 3 heterocycles. The van der Waals surface area contributed by atoms with Crippen LogP contribution >= 0.6 is 0 Å². The fraction of sp³-hybridized carbons (Fsp3) is 0.667. The van der Waals surface area contributed by atoms with E-state index in [1.807, 2.05) is 13.1 Å². The van der Waals surface area contributed by atoms with Gasteiger partial charge in [0.05, 0.1) is 0 Å². The predicted octanol–water partition coefficient (Wildman–Crippen LogP) is 2.31. The summed E-state index contributed by atoms with van der Waals surface area (Å²) in [6.45, 7) is 1.98. The molecular weight excluding hydrogens is 330 g/mol. The van der Waals surface area contributed by atoms with Crippen molar-refractivity contribution in [1.29, 1.82) is 0 Å². The summed E-state index contributed by atoms with van der Waals surface area (Å²) in [7, 11) is 1.81. The maximum absolute atomic E-state index is 12.6. The van der Waals surface area contributed by atoms with Crippen LogP contribution in [0.15, 0.2) is 6.07 Å². The van der Waals surface area contributed by atoms with E-state index in [0.717, 1.165) is 37.4 Å². The molecule has 2 aliphatic rings. The van der Waals surface area contributed by atoms with E-state index in [9.17, 15) is 4.79 Å². The Hall–Kier alpha value is -2.22. The quantitative estimate of drug-likeness (QED) is 0.779. The van der Waals surface area contributed by atoms with Gasteiger partial charge in [-0.25, -0.2) is 4.68 Å². The minimum atomic E-state index is -0.240. The molecule has 2 fully saturated rings. The van der Waals surface area contributed by atoms with Crippen LogP contribution in [0.25, 0.3) is 0 Å². The van der Waals surface area contributed by atoms with Crippen molar-refractivity contribution in [2.24, 2.45) is 7.05 Å². The summed E-state index contributed by atoms with van der Waals surface area (Å²) in [6, 6.07) is 1.88. The number of nitrogens with zero attached hydrogens (tertiary/aromatic N) is 4. The van der Waals surface area contributed by atoms with Gasteiger partial charge < -0.3 is 5.32 Å². The molecule has 1 aliphatic heterocycles. The number of carbonyl (C=O) groups excluding carboxylic acids is 1. The smallest absolute Gasteiger partial charge is 0.278 e. The molecule has 26 heavy (non-hydrogen) atoms. The minimum absolute atomic E-state index is 0.240. The monoisotopic (exact) mass is 357 g/mol. The van der Waals surface area contributed by atoms with Crippen molar-refractivity contribution in [3.05, 3.63) is 23.3 Å². The van der Waals surface area contributed by atoms with Gasteiger partial charge >= 0.3 is 0 Å². The second kappa shape index (κ2) is 7.57. The molecule has 0 spiro atoms. The molecule has 8 heteroatoms. The zero-order valence-electron chi connectivity index (χ0n) is 15.3. The molecule has 4 rings (SSSR count). The summed E-state index contributed by atoms with van der Waals surface area (Å²) in [4.78, 5) is 17.1. The van der Waals surface area contributed by atoms with Crippen LogP contribution in [0.5, 0.6) is 0 Å². The Morgan fingerprint density at radius 1 is 1.15 bits per heavy atom. The van der Waals surface area contributed by atoms with Crippen LogP contribution in [0.4, 0.5) is 5.95 Å². The molecule has 0 bridgehead atoms. The molecule has 3 N–H and O–H groups in total. The number of rotatable bonds is 4. The van der Waals surface area contributed by atoms with E-state index in [1.165, 1.54) is 32.1 Å². The van der Waals surface area contributed by atoms with Gasteiger partial charge in [0, 0.05) is 24.6 Å².